The van der Waals surface area contributed by atoms with Gasteiger partial charge >= 0.3 is 0 Å². The number of hydrogen-bond acceptors (Lipinski definition) is 8. The maximum Gasteiger partial charge on any atom is 0.269 e. The molecule has 4 unspecified atom stereocenters. The minimum absolute atomic E-state index is 0.277. The van der Waals surface area contributed by atoms with Crippen molar-refractivity contribution in [2.24, 2.45) is 23.7 Å². The highest BCUT2D eigenvalue weighted by atomic mass is 16.2. The van der Waals surface area contributed by atoms with Crippen LogP contribution in [0.25, 0.3) is 0 Å². The van der Waals surface area contributed by atoms with E-state index in [1.807, 2.05) is 0 Å². The Balaban J connectivity index is 1.25. The van der Waals surface area contributed by atoms with E-state index >= 15 is 0 Å². The second-order valence-corrected chi connectivity index (χ2v) is 9.74. The third kappa shape index (κ3) is 4.73. The fourth-order valence-electron chi connectivity index (χ4n) is 5.46. The molecule has 2 aliphatic carbocycles. The average Bonchev–Trinajstić information content (AvgIpc) is 2.95. The molecular formula is C27H30N8O. The molecule has 0 saturated carbocycles. The van der Waals surface area contributed by atoms with Crippen molar-refractivity contribution in [3.63, 3.8) is 0 Å². The molecule has 9 heteroatoms. The van der Waals surface area contributed by atoms with E-state index in [0.29, 0.717) is 47.1 Å². The van der Waals surface area contributed by atoms with Gasteiger partial charge < -0.3 is 9.80 Å². The van der Waals surface area contributed by atoms with E-state index in [2.05, 4.69) is 74.2 Å². The molecule has 0 spiro atoms. The highest BCUT2D eigenvalue weighted by Crippen LogP contribution is 2.33. The van der Waals surface area contributed by atoms with E-state index in [1.54, 1.807) is 24.5 Å². The van der Waals surface area contributed by atoms with E-state index < -0.39 is 0 Å². The first kappa shape index (κ1) is 22.5. The molecule has 0 bridgehead atoms. The summed E-state index contributed by atoms with van der Waals surface area (Å²) < 4.78 is 0. The Morgan fingerprint density at radius 1 is 0.750 bits per heavy atom. The molecule has 1 amide bonds. The summed E-state index contributed by atoms with van der Waals surface area (Å²) in [4.78, 5) is 35.4. The van der Waals surface area contributed by atoms with Gasteiger partial charge in [0.15, 0.2) is 0 Å². The van der Waals surface area contributed by atoms with Crippen molar-refractivity contribution in [2.75, 3.05) is 41.4 Å². The van der Waals surface area contributed by atoms with Crippen LogP contribution in [-0.4, -0.2) is 52.0 Å². The van der Waals surface area contributed by atoms with E-state index in [0.717, 1.165) is 39.0 Å². The van der Waals surface area contributed by atoms with Gasteiger partial charge in [0.2, 0.25) is 17.8 Å². The number of rotatable bonds is 5. The minimum atomic E-state index is -0.277. The van der Waals surface area contributed by atoms with Gasteiger partial charge in [0, 0.05) is 56.0 Å². The number of fused-ring (bicyclic) bond motifs is 2. The van der Waals surface area contributed by atoms with E-state index in [1.165, 1.54) is 0 Å². The first-order chi connectivity index (χ1) is 17.7. The molecule has 2 aliphatic heterocycles. The van der Waals surface area contributed by atoms with Gasteiger partial charge in [0.1, 0.15) is 0 Å². The molecule has 2 N–H and O–H groups in total. The number of pyridine rings is 1. The largest absolute Gasteiger partial charge is 0.340 e. The molecule has 2 saturated heterocycles. The molecule has 2 aromatic heterocycles. The van der Waals surface area contributed by atoms with Crippen molar-refractivity contribution in [3.05, 3.63) is 78.7 Å². The van der Waals surface area contributed by atoms with Crippen molar-refractivity contribution < 1.29 is 4.79 Å². The summed E-state index contributed by atoms with van der Waals surface area (Å²) in [6.45, 7) is 3.47. The Hall–Kier alpha value is -4.01. The first-order valence-corrected chi connectivity index (χ1v) is 12.7. The lowest BCUT2D eigenvalue weighted by molar-refractivity contribution is 0.0962. The standard InChI is InChI=1S/C27H30N8O/c36-24(21-9-13-28-14-10-21)32-33-25-29-26(34-15-11-19-5-1-3-7-22(19)17-34)31-27(30-25)35-16-12-20-6-2-4-8-23(20)18-35/h1-10,13-14,19-20,22-23H,11-12,15-18H2,(H,32,36)(H,29,30,31,33). The summed E-state index contributed by atoms with van der Waals surface area (Å²) >= 11 is 0. The Bertz CT molecular complexity index is 1160. The van der Waals surface area contributed by atoms with Gasteiger partial charge in [-0.3, -0.25) is 20.6 Å². The number of carbonyl (C=O) groups excluding carboxylic acids is 1. The lowest BCUT2D eigenvalue weighted by atomic mass is 9.83. The number of nitrogens with one attached hydrogen (secondary N) is 2. The van der Waals surface area contributed by atoms with Crippen molar-refractivity contribution in [1.29, 1.82) is 0 Å². The van der Waals surface area contributed by atoms with Crippen LogP contribution in [0, 0.1) is 23.7 Å². The molecule has 0 aromatic carbocycles. The number of hydrazine groups is 1. The number of carbonyl (C=O) groups is 1. The van der Waals surface area contributed by atoms with Crippen LogP contribution in [0.1, 0.15) is 23.2 Å². The van der Waals surface area contributed by atoms with Gasteiger partial charge in [-0.2, -0.15) is 15.0 Å². The molecule has 4 atom stereocenters. The molecule has 9 nitrogen and oxygen atoms in total. The predicted octanol–water partition coefficient (Wildman–Crippen LogP) is 3.16. The molecule has 2 fully saturated rings. The molecule has 2 aromatic rings. The summed E-state index contributed by atoms with van der Waals surface area (Å²) in [5.41, 5.74) is 6.15. The van der Waals surface area contributed by atoms with Crippen LogP contribution in [0.2, 0.25) is 0 Å². The average molecular weight is 483 g/mol. The topological polar surface area (TPSA) is 99.2 Å². The Labute approximate surface area is 210 Å². The van der Waals surface area contributed by atoms with Crippen LogP contribution >= 0.6 is 0 Å². The third-order valence-corrected chi connectivity index (χ3v) is 7.49. The third-order valence-electron chi connectivity index (χ3n) is 7.49. The number of piperidine rings is 2. The molecule has 4 aliphatic rings. The lowest BCUT2D eigenvalue weighted by Crippen LogP contribution is -2.43. The smallest absolute Gasteiger partial charge is 0.269 e. The van der Waals surface area contributed by atoms with Gasteiger partial charge in [0.25, 0.3) is 5.91 Å². The Kier molecular flexibility index (Phi) is 6.19. The number of hydrogen-bond donors (Lipinski definition) is 2. The van der Waals surface area contributed by atoms with Crippen molar-refractivity contribution in [1.82, 2.24) is 25.4 Å². The van der Waals surface area contributed by atoms with Crippen LogP contribution < -0.4 is 20.7 Å². The molecule has 0 radical (unpaired) electrons. The van der Waals surface area contributed by atoms with Crippen molar-refractivity contribution in [2.45, 2.75) is 12.8 Å². The van der Waals surface area contributed by atoms with Crippen molar-refractivity contribution >= 4 is 23.8 Å². The van der Waals surface area contributed by atoms with Crippen LogP contribution in [0.15, 0.2) is 73.1 Å². The zero-order chi connectivity index (χ0) is 24.3. The fourth-order valence-corrected chi connectivity index (χ4v) is 5.46. The normalized spacial score (nSPS) is 26.3. The highest BCUT2D eigenvalue weighted by molar-refractivity contribution is 5.94. The number of allylic oxidation sites excluding steroid dienone is 6. The van der Waals surface area contributed by atoms with Gasteiger partial charge in [-0.05, 0) is 36.8 Å². The van der Waals surface area contributed by atoms with Crippen LogP contribution in [0.3, 0.4) is 0 Å². The number of aromatic nitrogens is 4. The monoisotopic (exact) mass is 482 g/mol. The Morgan fingerprint density at radius 3 is 1.83 bits per heavy atom. The molecule has 36 heavy (non-hydrogen) atoms. The second kappa shape index (κ2) is 9.93. The maximum absolute atomic E-state index is 12.6. The zero-order valence-corrected chi connectivity index (χ0v) is 20.1. The first-order valence-electron chi connectivity index (χ1n) is 12.7. The van der Waals surface area contributed by atoms with E-state index in [9.17, 15) is 4.79 Å². The summed E-state index contributed by atoms with van der Waals surface area (Å²) in [6.07, 6.45) is 23.0. The number of nitrogens with zero attached hydrogens (tertiary/aromatic N) is 6. The van der Waals surface area contributed by atoms with Crippen LogP contribution in [0.5, 0.6) is 0 Å². The molecule has 184 valence electrons. The van der Waals surface area contributed by atoms with Crippen molar-refractivity contribution in [3.8, 4) is 0 Å². The van der Waals surface area contributed by atoms with E-state index in [-0.39, 0.29) is 5.91 Å². The van der Waals surface area contributed by atoms with Gasteiger partial charge in [-0.15, -0.1) is 0 Å². The van der Waals surface area contributed by atoms with Gasteiger partial charge in [0.05, 0.1) is 0 Å². The lowest BCUT2D eigenvalue weighted by Gasteiger charge is -2.39. The van der Waals surface area contributed by atoms with Gasteiger partial charge in [-0.1, -0.05) is 48.6 Å². The van der Waals surface area contributed by atoms with Gasteiger partial charge in [-0.25, -0.2) is 0 Å². The number of anilines is 3. The minimum Gasteiger partial charge on any atom is -0.340 e. The Morgan fingerprint density at radius 2 is 1.28 bits per heavy atom. The quantitative estimate of drug-likeness (QED) is 0.627. The maximum atomic E-state index is 12.6. The summed E-state index contributed by atoms with van der Waals surface area (Å²) in [7, 11) is 0. The summed E-state index contributed by atoms with van der Waals surface area (Å²) in [5.74, 6) is 3.36. The van der Waals surface area contributed by atoms with E-state index in [4.69, 9.17) is 15.0 Å². The highest BCUT2D eigenvalue weighted by Gasteiger charge is 2.31. The SMILES string of the molecule is O=C(NNc1nc(N2CCC3C=CC=CC3C2)nc(N2CCC3C=CC=CC3C2)n1)c1ccncc1. The number of amides is 1. The zero-order valence-electron chi connectivity index (χ0n) is 20.1. The molecular weight excluding hydrogens is 452 g/mol. The molecule has 4 heterocycles. The van der Waals surface area contributed by atoms with Crippen LogP contribution in [-0.2, 0) is 0 Å². The molecule has 6 rings (SSSR count). The predicted molar refractivity (Wildman–Crippen MR) is 139 cm³/mol. The summed E-state index contributed by atoms with van der Waals surface area (Å²) in [5, 5.41) is 0. The fraction of sp³-hybridized carbons (Fsp3) is 0.370. The summed E-state index contributed by atoms with van der Waals surface area (Å²) in [6, 6.07) is 3.32. The van der Waals surface area contributed by atoms with Crippen LogP contribution in [0.4, 0.5) is 17.8 Å². The second-order valence-electron chi connectivity index (χ2n) is 9.74.